The van der Waals surface area contributed by atoms with Gasteiger partial charge in [-0.1, -0.05) is 63.7 Å². The number of nitrogens with two attached hydrogens (primary N) is 9. The van der Waals surface area contributed by atoms with Gasteiger partial charge in [-0.25, -0.2) is 0 Å². The molecule has 0 bridgehead atoms. The van der Waals surface area contributed by atoms with Crippen molar-refractivity contribution in [1.82, 2.24) is 26.2 Å². The van der Waals surface area contributed by atoms with E-state index < -0.39 is 59.6 Å². The van der Waals surface area contributed by atoms with Crippen LogP contribution in [0, 0.1) is 5.92 Å². The van der Waals surface area contributed by atoms with Gasteiger partial charge in [0.25, 0.3) is 5.91 Å². The van der Waals surface area contributed by atoms with E-state index in [2.05, 4.69) is 41.6 Å². The number of nitrogens with zero attached hydrogens (tertiary/aromatic N) is 4. The summed E-state index contributed by atoms with van der Waals surface area (Å²) >= 11 is 0. The Labute approximate surface area is 432 Å². The van der Waals surface area contributed by atoms with E-state index >= 15 is 0 Å². The predicted octanol–water partition coefficient (Wildman–Crippen LogP) is -2.81. The quantitative estimate of drug-likeness (QED) is 0.0232. The van der Waals surface area contributed by atoms with Crippen molar-refractivity contribution in [1.29, 1.82) is 0 Å². The molecule has 2 rings (SSSR count). The molecule has 74 heavy (non-hydrogen) atoms. The van der Waals surface area contributed by atoms with Crippen molar-refractivity contribution in [2.24, 2.45) is 72.5 Å². The van der Waals surface area contributed by atoms with Crippen LogP contribution in [0.5, 0.6) is 0 Å². The molecule has 0 saturated heterocycles. The van der Waals surface area contributed by atoms with E-state index in [0.717, 1.165) is 5.56 Å². The largest absolute Gasteiger partial charge is 0.370 e. The fraction of sp³-hybridized carbons (Fsp3) is 0.489. The van der Waals surface area contributed by atoms with Crippen LogP contribution in [0.3, 0.4) is 0 Å². The molecule has 0 fully saturated rings. The Bertz CT molecular complexity index is 2210. The van der Waals surface area contributed by atoms with Crippen molar-refractivity contribution in [3.05, 3.63) is 65.7 Å². The van der Waals surface area contributed by atoms with Crippen LogP contribution in [0.4, 0.5) is 5.69 Å². The molecule has 2 aromatic rings. The summed E-state index contributed by atoms with van der Waals surface area (Å²) in [7, 11) is 0. The van der Waals surface area contributed by atoms with E-state index in [1.807, 2.05) is 44.2 Å². The number of benzene rings is 2. The fourth-order valence-corrected chi connectivity index (χ4v) is 6.32. The number of anilines is 1. The number of primary amides is 3. The van der Waals surface area contributed by atoms with Gasteiger partial charge >= 0.3 is 0 Å². The lowest BCUT2D eigenvalue weighted by Crippen LogP contribution is -2.53. The molecule has 0 heterocycles. The standard InChI is InChI=1S/C17H26N6O3.C15H22N6O3.C14H28N6O3.CH4/c1-11(24)22-14(10-12-6-3-2-4-7-12)16(26)23-13(15(18)25)8-5-9-21-17(19)20;1-9(22)20-11-6-3-2-5-10(11)14(24)21-12(13(16)23)7-4-8-19-15(17)18;1-9(2)7-20(10(3)21)8-12(22)19-11(13(15)23)5-4-6-18-14(16)17;/h2-4,6-7,13-14H,5,8-10H2,1H3,(H2,18,25)(H,22,24)(H,23,26)(H4,19,20,21);2-3,5-6,12H,4,7-8H2,1H3,(H2,16,23)(H,20,22)(H,21,24)(H4,17,18,19);9,11H,4-8H2,1-3H3,(H2,15,23)(H,19,22)(H4,16,17,18);1H4/t13-,14+;12-;11-;/m000./s1. The third kappa shape index (κ3) is 32.4. The van der Waals surface area contributed by atoms with Crippen LogP contribution >= 0.6 is 0 Å². The molecule has 0 aliphatic heterocycles. The van der Waals surface area contributed by atoms with Gasteiger partial charge in [-0.2, -0.15) is 0 Å². The zero-order valence-electron chi connectivity index (χ0n) is 42.2. The lowest BCUT2D eigenvalue weighted by atomic mass is 10.0. The molecule has 27 heteroatoms. The highest BCUT2D eigenvalue weighted by Crippen LogP contribution is 2.15. The van der Waals surface area contributed by atoms with Crippen molar-refractivity contribution in [2.45, 2.75) is 111 Å². The summed E-state index contributed by atoms with van der Waals surface area (Å²) in [4.78, 5) is 118. The van der Waals surface area contributed by atoms with Gasteiger partial charge in [-0.3, -0.25) is 58.1 Å². The SMILES string of the molecule is C.CC(=O)N(CC(=O)N[C@@H](CCCN=C(N)N)C(N)=O)CC(C)C.CC(=O)N[C@H](Cc1ccccc1)C(=O)N[C@@H](CCCN=C(N)N)C(N)=O.CC(=O)Nc1ccccc1C(=O)N[C@@H](CCCN=C(N)N)C(N)=O. The minimum Gasteiger partial charge on any atom is -0.370 e. The van der Waals surface area contributed by atoms with Gasteiger partial charge in [-0.15, -0.1) is 0 Å². The smallest absolute Gasteiger partial charge is 0.254 e. The zero-order valence-corrected chi connectivity index (χ0v) is 42.2. The zero-order chi connectivity index (χ0) is 55.6. The Hall–Kier alpha value is -8.52. The lowest BCUT2D eigenvalue weighted by Gasteiger charge is -2.23. The second-order valence-corrected chi connectivity index (χ2v) is 16.7. The van der Waals surface area contributed by atoms with Crippen LogP contribution in [-0.2, 0) is 44.8 Å². The van der Waals surface area contributed by atoms with Crippen LogP contribution in [0.1, 0.15) is 96.5 Å². The highest BCUT2D eigenvalue weighted by atomic mass is 16.2. The second-order valence-electron chi connectivity index (χ2n) is 16.7. The van der Waals surface area contributed by atoms with Crippen molar-refractivity contribution in [3.8, 4) is 0 Å². The minimum atomic E-state index is -0.872. The summed E-state index contributed by atoms with van der Waals surface area (Å²) in [5, 5.41) is 12.9. The van der Waals surface area contributed by atoms with Crippen molar-refractivity contribution in [3.63, 3.8) is 0 Å². The molecule has 0 aliphatic carbocycles. The van der Waals surface area contributed by atoms with Crippen LogP contribution < -0.4 is 78.2 Å². The molecular formula is C47H80N18O9. The molecule has 0 spiro atoms. The number of rotatable bonds is 28. The van der Waals surface area contributed by atoms with Crippen molar-refractivity contribution < 1.29 is 43.2 Å². The molecule has 0 aromatic heterocycles. The normalized spacial score (nSPS) is 11.6. The molecule has 0 saturated carbocycles. The van der Waals surface area contributed by atoms with Crippen LogP contribution in [0.2, 0.25) is 0 Å². The van der Waals surface area contributed by atoms with Gasteiger partial charge in [0.1, 0.15) is 24.2 Å². The van der Waals surface area contributed by atoms with E-state index in [4.69, 9.17) is 51.6 Å². The molecule has 0 unspecified atom stereocenters. The minimum absolute atomic E-state index is 0. The summed E-state index contributed by atoms with van der Waals surface area (Å²) in [6.45, 7) is 9.31. The maximum atomic E-state index is 12.5. The summed E-state index contributed by atoms with van der Waals surface area (Å²) in [6, 6.07) is 12.3. The first-order valence-corrected chi connectivity index (χ1v) is 23.1. The number of carbonyl (C=O) groups excluding carboxylic acids is 9. The number of nitrogens with one attached hydrogen (secondary N) is 5. The number of para-hydroxylation sites is 1. The number of guanidine groups is 3. The van der Waals surface area contributed by atoms with Gasteiger partial charge in [-0.05, 0) is 62.1 Å². The van der Waals surface area contributed by atoms with Crippen LogP contribution in [-0.4, -0.2) is 133 Å². The first kappa shape index (κ1) is 67.6. The van der Waals surface area contributed by atoms with E-state index in [-0.39, 0.29) is 67.5 Å². The van der Waals surface area contributed by atoms with Crippen LogP contribution in [0.25, 0.3) is 0 Å². The van der Waals surface area contributed by atoms with Crippen LogP contribution in [0.15, 0.2) is 69.6 Å². The highest BCUT2D eigenvalue weighted by molar-refractivity contribution is 6.04. The average molecular weight is 1040 g/mol. The summed E-state index contributed by atoms with van der Waals surface area (Å²) in [5.41, 5.74) is 48.7. The maximum Gasteiger partial charge on any atom is 0.254 e. The molecule has 0 aliphatic rings. The maximum absolute atomic E-state index is 12.5. The van der Waals surface area contributed by atoms with Gasteiger partial charge < -0.3 is 83.1 Å². The third-order valence-corrected chi connectivity index (χ3v) is 9.65. The highest BCUT2D eigenvalue weighted by Gasteiger charge is 2.26. The molecular weight excluding hydrogens is 961 g/mol. The average Bonchev–Trinajstić information content (AvgIpc) is 3.28. The Balaban J connectivity index is 0. The molecule has 0 radical (unpaired) electrons. The number of hydrogen-bond acceptors (Lipinski definition) is 12. The van der Waals surface area contributed by atoms with Crippen molar-refractivity contribution in [2.75, 3.05) is 38.0 Å². The topological polar surface area (TPSA) is 488 Å². The molecule has 412 valence electrons. The molecule has 23 N–H and O–H groups in total. The molecule has 9 amide bonds. The van der Waals surface area contributed by atoms with E-state index in [1.54, 1.807) is 18.2 Å². The second kappa shape index (κ2) is 37.3. The number of aliphatic imine (C=N–C) groups is 3. The summed E-state index contributed by atoms with van der Waals surface area (Å²) in [6.07, 6.45) is 2.63. The van der Waals surface area contributed by atoms with Crippen molar-refractivity contribution >= 4 is 76.7 Å². The first-order chi connectivity index (χ1) is 34.2. The Morgan fingerprint density at radius 3 is 1.38 bits per heavy atom. The Morgan fingerprint density at radius 1 is 0.541 bits per heavy atom. The molecule has 2 aromatic carbocycles. The number of carbonyl (C=O) groups is 9. The van der Waals surface area contributed by atoms with E-state index in [9.17, 15) is 43.2 Å². The Morgan fingerprint density at radius 2 is 0.973 bits per heavy atom. The third-order valence-electron chi connectivity index (χ3n) is 9.65. The Kier molecular flexibility index (Phi) is 34.0. The van der Waals surface area contributed by atoms with E-state index in [1.165, 1.54) is 31.7 Å². The van der Waals surface area contributed by atoms with Gasteiger partial charge in [0.15, 0.2) is 17.9 Å². The lowest BCUT2D eigenvalue weighted by molar-refractivity contribution is -0.135. The summed E-state index contributed by atoms with van der Waals surface area (Å²) < 4.78 is 0. The monoisotopic (exact) mass is 1040 g/mol. The molecule has 27 nitrogen and oxygen atoms in total. The predicted molar refractivity (Wildman–Crippen MR) is 285 cm³/mol. The van der Waals surface area contributed by atoms with E-state index in [0.29, 0.717) is 70.4 Å². The number of amides is 9. The summed E-state index contributed by atoms with van der Waals surface area (Å²) in [5.74, 6) is -4.10. The van der Waals surface area contributed by atoms with Gasteiger partial charge in [0.2, 0.25) is 47.3 Å². The molecule has 4 atom stereocenters. The first-order valence-electron chi connectivity index (χ1n) is 23.1. The fourth-order valence-electron chi connectivity index (χ4n) is 6.32. The number of hydrogen-bond donors (Lipinski definition) is 14. The van der Waals surface area contributed by atoms with Gasteiger partial charge in [0, 0.05) is 53.4 Å². The van der Waals surface area contributed by atoms with Gasteiger partial charge in [0.05, 0.1) is 17.8 Å².